The fourth-order valence-electron chi connectivity index (χ4n) is 4.38. The van der Waals surface area contributed by atoms with Crippen molar-refractivity contribution in [3.63, 3.8) is 0 Å². The van der Waals surface area contributed by atoms with Crippen molar-refractivity contribution >= 4 is 10.1 Å². The number of quaternary nitrogens is 1. The molecule has 0 heterocycles. The lowest BCUT2D eigenvalue weighted by atomic mass is 10.0. The van der Waals surface area contributed by atoms with Crippen LogP contribution in [0.3, 0.4) is 0 Å². The molecule has 0 rings (SSSR count). The minimum Gasteiger partial charge on any atom is -0.386 e. The summed E-state index contributed by atoms with van der Waals surface area (Å²) >= 11 is 0. The van der Waals surface area contributed by atoms with E-state index in [0.29, 0.717) is 24.2 Å². The lowest BCUT2D eigenvalue weighted by molar-refractivity contribution is -0.893. The summed E-state index contributed by atoms with van der Waals surface area (Å²) in [4.78, 5) is 0. The van der Waals surface area contributed by atoms with E-state index in [4.69, 9.17) is 14.0 Å². The lowest BCUT2D eigenvalue weighted by Gasteiger charge is -2.31. The second kappa shape index (κ2) is 22.9. The van der Waals surface area contributed by atoms with Gasteiger partial charge in [-0.05, 0) is 6.42 Å². The van der Waals surface area contributed by atoms with Crippen LogP contribution in [0.25, 0.3) is 0 Å². The quantitative estimate of drug-likeness (QED) is 0.0597. The zero-order valence-corrected chi connectivity index (χ0v) is 24.0. The molecular formula is C27H58NO6S+. The van der Waals surface area contributed by atoms with Crippen LogP contribution in [-0.2, 0) is 19.6 Å². The van der Waals surface area contributed by atoms with Crippen LogP contribution in [0, 0.1) is 0 Å². The molecule has 0 aliphatic rings. The van der Waals surface area contributed by atoms with Gasteiger partial charge in [-0.15, -0.1) is 0 Å². The second-order valence-corrected chi connectivity index (χ2v) is 12.3. The van der Waals surface area contributed by atoms with E-state index in [1.54, 1.807) is 0 Å². The maximum Gasteiger partial charge on any atom is 0.267 e. The van der Waals surface area contributed by atoms with Crippen LogP contribution in [0.5, 0.6) is 0 Å². The van der Waals surface area contributed by atoms with Crippen LogP contribution in [0.4, 0.5) is 0 Å². The van der Waals surface area contributed by atoms with Crippen LogP contribution in [0.15, 0.2) is 0 Å². The minimum absolute atomic E-state index is 0.225. The third kappa shape index (κ3) is 28.2. The van der Waals surface area contributed by atoms with E-state index in [1.165, 1.54) is 103 Å². The topological polar surface area (TPSA) is 93.1 Å². The van der Waals surface area contributed by atoms with Crippen molar-refractivity contribution in [3.05, 3.63) is 0 Å². The molecule has 0 saturated carbocycles. The van der Waals surface area contributed by atoms with Gasteiger partial charge in [-0.1, -0.05) is 110 Å². The van der Waals surface area contributed by atoms with Gasteiger partial charge in [-0.2, -0.15) is 8.42 Å². The van der Waals surface area contributed by atoms with Crippen molar-refractivity contribution < 1.29 is 32.0 Å². The van der Waals surface area contributed by atoms with Crippen LogP contribution >= 0.6 is 0 Å². The zero-order chi connectivity index (χ0) is 26.3. The van der Waals surface area contributed by atoms with Gasteiger partial charge in [0.25, 0.3) is 10.1 Å². The number of hydrogen-bond acceptors (Lipinski definition) is 5. The number of ether oxygens (including phenoxy) is 2. The predicted octanol–water partition coefficient (Wildman–Crippen LogP) is 5.95. The average molecular weight is 525 g/mol. The smallest absolute Gasteiger partial charge is 0.267 e. The van der Waals surface area contributed by atoms with Crippen LogP contribution in [0.2, 0.25) is 0 Å². The van der Waals surface area contributed by atoms with E-state index in [2.05, 4.69) is 6.92 Å². The first kappa shape index (κ1) is 34.8. The predicted molar refractivity (Wildman–Crippen MR) is 145 cm³/mol. The Bertz CT molecular complexity index is 556. The fourth-order valence-corrected chi connectivity index (χ4v) is 4.97. The van der Waals surface area contributed by atoms with Crippen molar-refractivity contribution in [1.29, 1.82) is 0 Å². The van der Waals surface area contributed by atoms with Crippen LogP contribution < -0.4 is 0 Å². The zero-order valence-electron chi connectivity index (χ0n) is 23.2. The van der Waals surface area contributed by atoms with Gasteiger partial charge in [-0.25, -0.2) is 0 Å². The van der Waals surface area contributed by atoms with Crippen LogP contribution in [0.1, 0.15) is 116 Å². The first-order valence-electron chi connectivity index (χ1n) is 14.3. The summed E-state index contributed by atoms with van der Waals surface area (Å²) in [6.07, 6.45) is 22.1. The number of likely N-dealkylation sites (N-methyl/N-ethyl adjacent to an activating group) is 1. The van der Waals surface area contributed by atoms with Crippen molar-refractivity contribution in [2.24, 2.45) is 0 Å². The molecule has 212 valence electrons. The number of nitrogens with zero attached hydrogens (tertiary/aromatic N) is 1. The van der Waals surface area contributed by atoms with Gasteiger partial charge in [0.2, 0.25) is 0 Å². The summed E-state index contributed by atoms with van der Waals surface area (Å²) in [5, 5.41) is 9.78. The first-order chi connectivity index (χ1) is 16.7. The summed E-state index contributed by atoms with van der Waals surface area (Å²) in [6, 6.07) is 0. The van der Waals surface area contributed by atoms with Crippen molar-refractivity contribution in [1.82, 2.24) is 0 Å². The maximum atomic E-state index is 10.8. The third-order valence-corrected chi connectivity index (χ3v) is 7.31. The van der Waals surface area contributed by atoms with E-state index in [-0.39, 0.29) is 13.3 Å². The molecule has 1 unspecified atom stereocenters. The van der Waals surface area contributed by atoms with E-state index in [9.17, 15) is 13.5 Å². The summed E-state index contributed by atoms with van der Waals surface area (Å²) in [7, 11) is -0.396. The van der Waals surface area contributed by atoms with Crippen molar-refractivity contribution in [2.75, 3.05) is 52.9 Å². The average Bonchev–Trinajstić information content (AvgIpc) is 2.75. The molecule has 0 radical (unpaired) electrons. The fraction of sp³-hybridized carbons (Fsp3) is 1.00. The number of rotatable bonds is 27. The highest BCUT2D eigenvalue weighted by Gasteiger charge is 2.24. The van der Waals surface area contributed by atoms with Gasteiger partial charge in [0.05, 0.1) is 20.7 Å². The number of aliphatic hydroxyl groups is 1. The molecule has 0 amide bonds. The summed E-state index contributed by atoms with van der Waals surface area (Å²) in [6.45, 7) is 4.55. The highest BCUT2D eigenvalue weighted by atomic mass is 32.2. The molecule has 8 heteroatoms. The summed E-state index contributed by atoms with van der Waals surface area (Å²) in [5.74, 6) is -0.641. The molecule has 0 aromatic carbocycles. The van der Waals surface area contributed by atoms with E-state index < -0.39 is 22.0 Å². The minimum atomic E-state index is -4.16. The Balaban J connectivity index is 3.31. The molecule has 0 spiro atoms. The molecular weight excluding hydrogens is 466 g/mol. The Morgan fingerprint density at radius 2 is 1.09 bits per heavy atom. The summed E-state index contributed by atoms with van der Waals surface area (Å²) in [5.41, 5.74) is 0. The van der Waals surface area contributed by atoms with Gasteiger partial charge < -0.3 is 19.1 Å². The summed E-state index contributed by atoms with van der Waals surface area (Å²) < 4.78 is 41.9. The molecule has 0 fully saturated rings. The Hall–Kier alpha value is -0.250. The van der Waals surface area contributed by atoms with Gasteiger partial charge in [0.15, 0.2) is 0 Å². The van der Waals surface area contributed by atoms with Gasteiger partial charge in [0.1, 0.15) is 31.7 Å². The molecule has 0 aliphatic heterocycles. The van der Waals surface area contributed by atoms with E-state index in [1.807, 2.05) is 14.1 Å². The molecule has 0 saturated heterocycles. The highest BCUT2D eigenvalue weighted by Crippen LogP contribution is 2.14. The third-order valence-electron chi connectivity index (χ3n) is 6.51. The molecule has 0 aromatic heterocycles. The Labute approximate surface area is 217 Å². The Morgan fingerprint density at radius 1 is 0.686 bits per heavy atom. The number of hydrogen-bond donors (Lipinski definition) is 2. The second-order valence-electron chi connectivity index (χ2n) is 10.8. The molecule has 35 heavy (non-hydrogen) atoms. The van der Waals surface area contributed by atoms with Gasteiger partial charge in [-0.3, -0.25) is 4.55 Å². The largest absolute Gasteiger partial charge is 0.386 e. The monoisotopic (exact) mass is 524 g/mol. The molecule has 2 N–H and O–H groups in total. The Morgan fingerprint density at radius 3 is 1.51 bits per heavy atom. The first-order valence-corrected chi connectivity index (χ1v) is 15.9. The normalized spacial score (nSPS) is 13.4. The molecule has 0 aliphatic carbocycles. The van der Waals surface area contributed by atoms with E-state index in [0.717, 1.165) is 6.42 Å². The van der Waals surface area contributed by atoms with E-state index >= 15 is 0 Å². The molecule has 7 nitrogen and oxygen atoms in total. The van der Waals surface area contributed by atoms with Crippen molar-refractivity contribution in [3.8, 4) is 0 Å². The van der Waals surface area contributed by atoms with Gasteiger partial charge in [0, 0.05) is 6.61 Å². The lowest BCUT2D eigenvalue weighted by Crippen LogP contribution is -2.48. The highest BCUT2D eigenvalue weighted by molar-refractivity contribution is 7.85. The number of aliphatic hydroxyl groups excluding tert-OH is 1. The Kier molecular flexibility index (Phi) is 22.7. The SMILES string of the molecule is CCCCCCCCCCCCCCCCCCCOCOCC[N+](C)(C)CC(O)CS(=O)(=O)O. The van der Waals surface area contributed by atoms with Crippen LogP contribution in [-0.4, -0.2) is 81.6 Å². The maximum absolute atomic E-state index is 10.8. The van der Waals surface area contributed by atoms with Gasteiger partial charge >= 0.3 is 0 Å². The number of unbranched alkanes of at least 4 members (excludes halogenated alkanes) is 16. The molecule has 0 bridgehead atoms. The standard InChI is InChI=1S/C27H57NO6S/c1-4-5-6-7-8-9-10-11-12-13-14-15-16-17-18-19-20-22-33-26-34-23-21-28(2,3)24-27(29)25-35(30,31)32/h27,29H,4-26H2,1-3H3/p+1. The molecule has 1 atom stereocenters. The molecule has 0 aromatic rings. The van der Waals surface area contributed by atoms with Crippen molar-refractivity contribution in [2.45, 2.75) is 122 Å².